The first kappa shape index (κ1) is 25.1. The second kappa shape index (κ2) is 12.6. The van der Waals surface area contributed by atoms with Gasteiger partial charge in [0.2, 0.25) is 0 Å². The molecular weight excluding hydrogens is 432 g/mol. The molecule has 1 atom stereocenters. The molecule has 0 saturated carbocycles. The smallest absolute Gasteiger partial charge is 0.261 e. The Morgan fingerprint density at radius 1 is 1.06 bits per heavy atom. The molecule has 8 nitrogen and oxygen atoms in total. The van der Waals surface area contributed by atoms with Crippen LogP contribution in [-0.4, -0.2) is 55.1 Å². The number of aliphatic imine (C=N–C) groups is 1. The molecule has 2 aliphatic rings. The molecule has 0 bridgehead atoms. The van der Waals surface area contributed by atoms with E-state index in [-0.39, 0.29) is 25.0 Å². The molecule has 1 fully saturated rings. The Hall–Kier alpha value is -3.52. The molecule has 4 rings (SSSR count). The molecule has 0 radical (unpaired) electrons. The SMILES string of the molecule is C=NOC(COc1ccc(CN2C(=O)c3ccccc3C2=O)cc1)=NCC1CCCCN1.CC. The van der Waals surface area contributed by atoms with Crippen molar-refractivity contribution in [3.8, 4) is 5.75 Å². The third-order valence-corrected chi connectivity index (χ3v) is 5.57. The van der Waals surface area contributed by atoms with E-state index >= 15 is 0 Å². The Kier molecular flexibility index (Phi) is 9.34. The highest BCUT2D eigenvalue weighted by Gasteiger charge is 2.34. The quantitative estimate of drug-likeness (QED) is 0.275. The number of oxime groups is 1. The van der Waals surface area contributed by atoms with E-state index < -0.39 is 0 Å². The number of piperidine rings is 1. The van der Waals surface area contributed by atoms with Crippen molar-refractivity contribution in [3.05, 3.63) is 65.2 Å². The summed E-state index contributed by atoms with van der Waals surface area (Å²) in [6, 6.07) is 14.4. The van der Waals surface area contributed by atoms with E-state index in [4.69, 9.17) is 9.57 Å². The van der Waals surface area contributed by atoms with E-state index in [1.54, 1.807) is 36.4 Å². The highest BCUT2D eigenvalue weighted by molar-refractivity contribution is 6.21. The maximum Gasteiger partial charge on any atom is 0.261 e. The molecule has 180 valence electrons. The number of rotatable bonds is 8. The Morgan fingerprint density at radius 3 is 2.32 bits per heavy atom. The van der Waals surface area contributed by atoms with Crippen LogP contribution in [0.2, 0.25) is 0 Å². The number of hydrogen-bond acceptors (Lipinski definition) is 7. The molecule has 0 spiro atoms. The van der Waals surface area contributed by atoms with E-state index in [0.717, 1.165) is 18.5 Å². The highest BCUT2D eigenvalue weighted by atomic mass is 16.6. The van der Waals surface area contributed by atoms with Gasteiger partial charge in [0.1, 0.15) is 5.75 Å². The minimum Gasteiger partial charge on any atom is -0.484 e. The highest BCUT2D eigenvalue weighted by Crippen LogP contribution is 2.24. The van der Waals surface area contributed by atoms with Crippen molar-refractivity contribution in [2.75, 3.05) is 19.7 Å². The number of hydrogen-bond donors (Lipinski definition) is 1. The minimum absolute atomic E-state index is 0.128. The number of imide groups is 1. The van der Waals surface area contributed by atoms with E-state index in [9.17, 15) is 9.59 Å². The van der Waals surface area contributed by atoms with E-state index in [1.165, 1.54) is 17.7 Å². The van der Waals surface area contributed by atoms with Gasteiger partial charge in [-0.2, -0.15) is 0 Å². The second-order valence-corrected chi connectivity index (χ2v) is 7.78. The van der Waals surface area contributed by atoms with Crippen molar-refractivity contribution in [1.82, 2.24) is 10.2 Å². The van der Waals surface area contributed by atoms with Gasteiger partial charge in [-0.3, -0.25) is 14.5 Å². The molecule has 34 heavy (non-hydrogen) atoms. The van der Waals surface area contributed by atoms with Crippen LogP contribution in [0, 0.1) is 0 Å². The fraction of sp³-hybridized carbons (Fsp3) is 0.385. The Bertz CT molecular complexity index is 979. The van der Waals surface area contributed by atoms with Crippen LogP contribution in [0.15, 0.2) is 58.7 Å². The summed E-state index contributed by atoms with van der Waals surface area (Å²) in [7, 11) is 0. The zero-order chi connectivity index (χ0) is 24.3. The number of ether oxygens (including phenoxy) is 1. The normalized spacial score (nSPS) is 17.5. The summed E-state index contributed by atoms with van der Waals surface area (Å²) < 4.78 is 5.77. The van der Waals surface area contributed by atoms with Gasteiger partial charge in [-0.1, -0.05) is 49.7 Å². The van der Waals surface area contributed by atoms with Crippen molar-refractivity contribution in [3.63, 3.8) is 0 Å². The minimum atomic E-state index is -0.270. The van der Waals surface area contributed by atoms with Crippen LogP contribution in [0.25, 0.3) is 0 Å². The third-order valence-electron chi connectivity index (χ3n) is 5.57. The lowest BCUT2D eigenvalue weighted by atomic mass is 10.1. The van der Waals surface area contributed by atoms with E-state index in [2.05, 4.69) is 22.2 Å². The predicted octanol–water partition coefficient (Wildman–Crippen LogP) is 4.06. The topological polar surface area (TPSA) is 92.6 Å². The van der Waals surface area contributed by atoms with Crippen LogP contribution < -0.4 is 10.1 Å². The van der Waals surface area contributed by atoms with Gasteiger partial charge in [-0.05, 0) is 49.2 Å². The molecule has 2 amide bonds. The largest absolute Gasteiger partial charge is 0.484 e. The lowest BCUT2D eigenvalue weighted by molar-refractivity contribution is 0.0642. The van der Waals surface area contributed by atoms with Crippen molar-refractivity contribution in [2.24, 2.45) is 10.1 Å². The number of carbonyl (C=O) groups excluding carboxylic acids is 2. The first-order valence-electron chi connectivity index (χ1n) is 11.7. The summed E-state index contributed by atoms with van der Waals surface area (Å²) in [5.74, 6) is 0.441. The number of fused-ring (bicyclic) bond motifs is 1. The maximum atomic E-state index is 12.5. The van der Waals surface area contributed by atoms with Gasteiger partial charge in [-0.15, -0.1) is 0 Å². The van der Waals surface area contributed by atoms with Crippen LogP contribution in [-0.2, 0) is 11.4 Å². The van der Waals surface area contributed by atoms with Crippen molar-refractivity contribution >= 4 is 24.4 Å². The molecule has 2 aromatic rings. The molecule has 2 heterocycles. The van der Waals surface area contributed by atoms with Gasteiger partial charge in [-0.25, -0.2) is 4.99 Å². The van der Waals surface area contributed by atoms with Crippen LogP contribution in [0.3, 0.4) is 0 Å². The second-order valence-electron chi connectivity index (χ2n) is 7.78. The van der Waals surface area contributed by atoms with Gasteiger partial charge < -0.3 is 14.9 Å². The summed E-state index contributed by atoms with van der Waals surface area (Å²) in [5.41, 5.74) is 1.72. The molecule has 8 heteroatoms. The fourth-order valence-electron chi connectivity index (χ4n) is 3.87. The number of nitrogens with one attached hydrogen (secondary N) is 1. The maximum absolute atomic E-state index is 12.5. The zero-order valence-corrected chi connectivity index (χ0v) is 19.8. The predicted molar refractivity (Wildman–Crippen MR) is 133 cm³/mol. The Balaban J connectivity index is 0.00000158. The number of carbonyl (C=O) groups is 2. The molecule has 1 saturated heterocycles. The molecule has 2 aliphatic heterocycles. The van der Waals surface area contributed by atoms with Crippen molar-refractivity contribution in [2.45, 2.75) is 45.7 Å². The Labute approximate surface area is 200 Å². The van der Waals surface area contributed by atoms with E-state index in [1.807, 2.05) is 26.0 Å². The monoisotopic (exact) mass is 464 g/mol. The van der Waals surface area contributed by atoms with Gasteiger partial charge in [0.25, 0.3) is 17.7 Å². The molecule has 1 unspecified atom stereocenters. The average Bonchev–Trinajstić information content (AvgIpc) is 3.13. The number of benzene rings is 2. The van der Waals surface area contributed by atoms with Gasteiger partial charge in [0, 0.05) is 12.8 Å². The molecule has 1 N–H and O–H groups in total. The van der Waals surface area contributed by atoms with Gasteiger partial charge in [0.15, 0.2) is 6.61 Å². The van der Waals surface area contributed by atoms with E-state index in [0.29, 0.717) is 35.4 Å². The van der Waals surface area contributed by atoms with Crippen LogP contribution in [0.1, 0.15) is 59.4 Å². The lowest BCUT2D eigenvalue weighted by Gasteiger charge is -2.21. The van der Waals surface area contributed by atoms with Crippen molar-refractivity contribution in [1.29, 1.82) is 0 Å². The zero-order valence-electron chi connectivity index (χ0n) is 19.8. The number of nitrogens with zero attached hydrogens (tertiary/aromatic N) is 3. The standard InChI is InChI=1S/C24H26N4O4.C2H6/c1-25-32-22(27-14-18-6-4-5-13-26-18)16-31-19-11-9-17(10-12-19)15-28-23(29)20-7-2-3-8-21(20)24(28)30;1-2/h2-3,7-12,18,26H,1,4-6,13-16H2;1-2H3. The summed E-state index contributed by atoms with van der Waals surface area (Å²) in [6.45, 7) is 9.31. The summed E-state index contributed by atoms with van der Waals surface area (Å²) >= 11 is 0. The number of amides is 2. The van der Waals surface area contributed by atoms with Crippen LogP contribution >= 0.6 is 0 Å². The Morgan fingerprint density at radius 2 is 1.74 bits per heavy atom. The van der Waals surface area contributed by atoms with Gasteiger partial charge >= 0.3 is 0 Å². The molecule has 0 aliphatic carbocycles. The molecular formula is C26H32N4O4. The molecule has 0 aromatic heterocycles. The van der Waals surface area contributed by atoms with Gasteiger partial charge in [0.05, 0.1) is 24.2 Å². The lowest BCUT2D eigenvalue weighted by Crippen LogP contribution is -2.36. The summed E-state index contributed by atoms with van der Waals surface area (Å²) in [6.07, 6.45) is 3.49. The first-order valence-corrected chi connectivity index (χ1v) is 11.7. The van der Waals surface area contributed by atoms with Crippen LogP contribution in [0.5, 0.6) is 5.75 Å². The summed E-state index contributed by atoms with van der Waals surface area (Å²) in [4.78, 5) is 35.9. The third kappa shape index (κ3) is 6.29. The van der Waals surface area contributed by atoms with Crippen molar-refractivity contribution < 1.29 is 19.2 Å². The summed E-state index contributed by atoms with van der Waals surface area (Å²) in [5, 5.41) is 6.90. The first-order chi connectivity index (χ1) is 16.7. The molecule has 2 aromatic carbocycles. The fourth-order valence-corrected chi connectivity index (χ4v) is 3.87. The average molecular weight is 465 g/mol. The van der Waals surface area contributed by atoms with Crippen LogP contribution in [0.4, 0.5) is 0 Å².